The lowest BCUT2D eigenvalue weighted by Gasteiger charge is -2.41. The molecule has 3 aromatic rings. The Balaban J connectivity index is 1.38. The molecule has 0 spiro atoms. The first-order chi connectivity index (χ1) is 48.5. The van der Waals surface area contributed by atoms with Crippen LogP contribution in [0.3, 0.4) is 0 Å². The molecule has 103 heavy (non-hydrogen) atoms. The van der Waals surface area contributed by atoms with Crippen molar-refractivity contribution in [1.82, 2.24) is 57.3 Å². The first-order valence-corrected chi connectivity index (χ1v) is 36.5. The molecule has 1 fully saturated rings. The summed E-state index contributed by atoms with van der Waals surface area (Å²) in [5, 5.41) is 36.6. The van der Waals surface area contributed by atoms with Crippen LogP contribution in [0.4, 0.5) is 20.1 Å². The second-order valence-electron chi connectivity index (χ2n) is 28.7. The predicted molar refractivity (Wildman–Crippen MR) is 390 cm³/mol. The number of benzene rings is 2. The number of hydrogen-bond acceptors (Lipinski definition) is 18. The van der Waals surface area contributed by atoms with E-state index in [-0.39, 0.29) is 81.3 Å². The number of aryl methyl sites for hydroxylation is 1. The Morgan fingerprint density at radius 2 is 1.42 bits per heavy atom. The van der Waals surface area contributed by atoms with E-state index in [2.05, 4.69) is 58.9 Å². The summed E-state index contributed by atoms with van der Waals surface area (Å²) >= 11 is 1.47. The average molecular weight is 1460 g/mol. The average Bonchev–Trinajstić information content (AvgIpc) is 1.79. The number of anilines is 1. The molecule has 2 heterocycles. The Bertz CT molecular complexity index is 3260. The molecule has 4 rings (SSSR count). The van der Waals surface area contributed by atoms with Crippen LogP contribution in [0.5, 0.6) is 0 Å². The van der Waals surface area contributed by atoms with Gasteiger partial charge in [-0.2, -0.15) is 0 Å². The molecule has 1 saturated heterocycles. The zero-order valence-corrected chi connectivity index (χ0v) is 63.8. The number of thiazole rings is 1. The molecule has 1 aliphatic rings. The van der Waals surface area contributed by atoms with Crippen LogP contribution in [0.1, 0.15) is 175 Å². The molecule has 12 amide bonds. The van der Waals surface area contributed by atoms with Crippen LogP contribution in [0.2, 0.25) is 0 Å². The van der Waals surface area contributed by atoms with E-state index in [1.54, 1.807) is 85.9 Å². The number of nitrogens with one attached hydrogen (secondary N) is 9. The number of ether oxygens (including phenoxy) is 4. The lowest BCUT2D eigenvalue weighted by molar-refractivity contribution is -0.148. The van der Waals surface area contributed by atoms with Gasteiger partial charge in [-0.25, -0.2) is 19.4 Å². The van der Waals surface area contributed by atoms with Gasteiger partial charge in [-0.3, -0.25) is 38.4 Å². The molecule has 574 valence electrons. The van der Waals surface area contributed by atoms with Crippen molar-refractivity contribution in [2.24, 2.45) is 29.4 Å². The fraction of sp³-hybridized carbons (Fsp3) is 0.644. The number of nitrogens with two attached hydrogens (primary N) is 1. The maximum atomic E-state index is 14.8. The van der Waals surface area contributed by atoms with E-state index in [1.165, 1.54) is 49.3 Å². The standard InChI is InChI=1S/C73H115N13O16S/c1-17-46(7)60(55(99-15)41-57(89)86-36-22-27-54(86)61(100-16)47(8)62(90)81-53(66-75-35-38-103-66)40-49-24-20-23-45(6)39-49)85(14)67(94)59(44(4)5)83-68(95)73(12,13)84-71(98)101-42-48-28-30-50(31-29-48)78-63(91)52(26-21-34-76-69(74)96)80-65(93)58(43(2)3)82-64(92)51(79-56(88)32-37-87)25-18-19-33-77-70(97)102-72(9,10)11/h20,23-24,28-31,35,38-39,43-44,46-47,51-55,58-61,87H,17-19,21-22,25-27,32-34,36-37,40-42H2,1-16H3,(H,77,97)(H,78,91)(H,79,88)(H,80,93)(H,81,90)(H,82,92)(H,83,95)(H,84,98)(H3,74,76,96)/t46-,47+,51-,52-,53-,54-,55+,58-,59-,60-,61+/m0/s1. The van der Waals surface area contributed by atoms with Gasteiger partial charge in [-0.05, 0) is 134 Å². The molecule has 2 aromatic carbocycles. The number of aromatic nitrogens is 1. The van der Waals surface area contributed by atoms with Crippen LogP contribution >= 0.6 is 11.3 Å². The quantitative estimate of drug-likeness (QED) is 0.0282. The number of carbonyl (C=O) groups excluding carboxylic acids is 11. The van der Waals surface area contributed by atoms with Crippen molar-refractivity contribution in [2.75, 3.05) is 52.8 Å². The summed E-state index contributed by atoms with van der Waals surface area (Å²) in [6.45, 7) is 22.8. The maximum Gasteiger partial charge on any atom is 0.408 e. The van der Waals surface area contributed by atoms with Crippen molar-refractivity contribution in [3.8, 4) is 0 Å². The summed E-state index contributed by atoms with van der Waals surface area (Å²) in [4.78, 5) is 157. The van der Waals surface area contributed by atoms with Crippen molar-refractivity contribution in [2.45, 2.75) is 233 Å². The van der Waals surface area contributed by atoms with Crippen molar-refractivity contribution >= 4 is 82.5 Å². The molecular formula is C73H115N13O16S. The highest BCUT2D eigenvalue weighted by Gasteiger charge is 2.44. The van der Waals surface area contributed by atoms with Gasteiger partial charge < -0.3 is 87.4 Å². The third-order valence-electron chi connectivity index (χ3n) is 18.1. The zero-order chi connectivity index (χ0) is 76.9. The third kappa shape index (κ3) is 28.6. The molecule has 1 aromatic heterocycles. The molecule has 0 bridgehead atoms. The van der Waals surface area contributed by atoms with Crippen molar-refractivity contribution in [1.29, 1.82) is 0 Å². The van der Waals surface area contributed by atoms with Crippen molar-refractivity contribution in [3.05, 3.63) is 81.8 Å². The highest BCUT2D eigenvalue weighted by Crippen LogP contribution is 2.31. The summed E-state index contributed by atoms with van der Waals surface area (Å²) in [6.07, 6.45) is 1.92. The summed E-state index contributed by atoms with van der Waals surface area (Å²) in [5.74, 6) is -6.04. The lowest BCUT2D eigenvalue weighted by Crippen LogP contribution is -2.62. The number of likely N-dealkylation sites (N-methyl/N-ethyl adjacent to an activating group) is 1. The third-order valence-corrected chi connectivity index (χ3v) is 19.0. The Kier molecular flexibility index (Phi) is 35.7. The van der Waals surface area contributed by atoms with Crippen LogP contribution in [0.15, 0.2) is 60.1 Å². The summed E-state index contributed by atoms with van der Waals surface area (Å²) < 4.78 is 23.0. The second kappa shape index (κ2) is 42.3. The van der Waals surface area contributed by atoms with Gasteiger partial charge >= 0.3 is 18.2 Å². The Morgan fingerprint density at radius 1 is 0.757 bits per heavy atom. The number of alkyl carbamates (subject to hydrolysis) is 2. The normalized spacial score (nSPS) is 16.0. The summed E-state index contributed by atoms with van der Waals surface area (Å²) in [7, 11) is 4.68. The topological polar surface area (TPSA) is 399 Å². The van der Waals surface area contributed by atoms with Gasteiger partial charge in [0.1, 0.15) is 46.9 Å². The molecule has 29 nitrogen and oxygen atoms in total. The van der Waals surface area contributed by atoms with Gasteiger partial charge in [0, 0.05) is 64.6 Å². The van der Waals surface area contributed by atoms with E-state index in [0.717, 1.165) is 16.1 Å². The number of methoxy groups -OCH3 is 2. The van der Waals surface area contributed by atoms with Gasteiger partial charge in [-0.1, -0.05) is 96.8 Å². The number of urea groups is 1. The molecule has 30 heteroatoms. The maximum absolute atomic E-state index is 14.8. The number of hydrogen-bond donors (Lipinski definition) is 11. The van der Waals surface area contributed by atoms with Crippen LogP contribution in [0.25, 0.3) is 0 Å². The second-order valence-corrected chi connectivity index (χ2v) is 29.6. The predicted octanol–water partition coefficient (Wildman–Crippen LogP) is 6.19. The first-order valence-electron chi connectivity index (χ1n) is 35.6. The monoisotopic (exact) mass is 1460 g/mol. The van der Waals surface area contributed by atoms with Crippen LogP contribution < -0.4 is 53.6 Å². The highest BCUT2D eigenvalue weighted by molar-refractivity contribution is 7.09. The molecule has 0 radical (unpaired) electrons. The number of amides is 12. The Hall–Kier alpha value is -8.48. The molecule has 12 N–H and O–H groups in total. The molecule has 0 aliphatic carbocycles. The Morgan fingerprint density at radius 3 is 2.01 bits per heavy atom. The number of aliphatic hydroxyl groups is 1. The molecule has 1 aliphatic heterocycles. The Labute approximate surface area is 610 Å². The molecular weight excluding hydrogens is 1350 g/mol. The number of likely N-dealkylation sites (tertiary alicyclic amines) is 1. The largest absolute Gasteiger partial charge is 0.445 e. The molecule has 0 saturated carbocycles. The van der Waals surface area contributed by atoms with E-state index >= 15 is 0 Å². The minimum Gasteiger partial charge on any atom is -0.445 e. The van der Waals surface area contributed by atoms with Crippen molar-refractivity contribution < 1.29 is 76.8 Å². The van der Waals surface area contributed by atoms with Gasteiger partial charge in [0.15, 0.2) is 0 Å². The van der Waals surface area contributed by atoms with E-state index in [0.29, 0.717) is 50.6 Å². The van der Waals surface area contributed by atoms with Gasteiger partial charge in [0.05, 0.1) is 49.3 Å². The number of aliphatic hydroxyl groups excluding tert-OH is 1. The van der Waals surface area contributed by atoms with E-state index in [1.807, 2.05) is 51.3 Å². The molecule has 11 atom stereocenters. The van der Waals surface area contributed by atoms with Gasteiger partial charge in [0.2, 0.25) is 47.3 Å². The lowest BCUT2D eigenvalue weighted by atomic mass is 9.89. The number of primary amides is 1. The molecule has 0 unspecified atom stereocenters. The van der Waals surface area contributed by atoms with Crippen LogP contribution in [0, 0.1) is 30.6 Å². The smallest absolute Gasteiger partial charge is 0.408 e. The fourth-order valence-electron chi connectivity index (χ4n) is 12.2. The van der Waals surface area contributed by atoms with Crippen LogP contribution in [-0.2, 0) is 70.3 Å². The van der Waals surface area contributed by atoms with E-state index < -0.39 is 138 Å². The number of carbonyl (C=O) groups is 11. The minimum absolute atomic E-state index is 0.0146. The minimum atomic E-state index is -1.61. The number of unbranched alkanes of at least 4 members (excludes halogenated alkanes) is 1. The zero-order valence-electron chi connectivity index (χ0n) is 63.0. The fourth-order valence-corrected chi connectivity index (χ4v) is 12.9. The van der Waals surface area contributed by atoms with Gasteiger partial charge in [-0.15, -0.1) is 11.3 Å². The van der Waals surface area contributed by atoms with E-state index in [4.69, 9.17) is 24.7 Å². The SMILES string of the molecule is CC[C@H](C)[C@@H]([C@@H](CC(=O)N1CCC[C@H]1[C@H](OC)[C@@H](C)C(=O)N[C@@H](Cc1cccc(C)c1)c1nccs1)OC)N(C)C(=O)[C@@H](NC(=O)C(C)(C)NC(=O)OCc1ccc(NC(=O)[C@H](CCCNC(N)=O)NC(=O)[C@@H](NC(=O)[C@H](CCCCNC(=O)OC(C)(C)C)NC(=O)CCO)C(C)C)cc1)C(C)C. The van der Waals surface area contributed by atoms with E-state index in [9.17, 15) is 57.8 Å². The summed E-state index contributed by atoms with van der Waals surface area (Å²) in [6, 6.07) is 7.50. The number of nitrogens with zero attached hydrogens (tertiary/aromatic N) is 3. The van der Waals surface area contributed by atoms with Crippen molar-refractivity contribution in [3.63, 3.8) is 0 Å². The highest BCUT2D eigenvalue weighted by atomic mass is 32.1. The van der Waals surface area contributed by atoms with Crippen LogP contribution in [-0.4, -0.2) is 192 Å². The summed E-state index contributed by atoms with van der Waals surface area (Å²) in [5.41, 5.74) is 5.89. The first kappa shape index (κ1) is 86.9. The van der Waals surface area contributed by atoms with Gasteiger partial charge in [0.25, 0.3) is 0 Å². The number of rotatable bonds is 41.